The second-order valence-corrected chi connectivity index (χ2v) is 5.77. The molecule has 2 nitrogen and oxygen atoms in total. The van der Waals surface area contributed by atoms with Crippen LogP contribution in [0.25, 0.3) is 11.1 Å². The Bertz CT molecular complexity index is 601. The lowest BCUT2D eigenvalue weighted by molar-refractivity contribution is 0.100. The van der Waals surface area contributed by atoms with Crippen LogP contribution in [0.4, 0.5) is 0 Å². The molecule has 0 aliphatic heterocycles. The molecule has 0 heterocycles. The Kier molecular flexibility index (Phi) is 6.20. The maximum atomic E-state index is 11.5. The molecule has 1 amide bonds. The fraction of sp³-hybridized carbons (Fsp3) is 0.350. The third-order valence-corrected chi connectivity index (χ3v) is 4.03. The van der Waals surface area contributed by atoms with E-state index in [1.807, 2.05) is 18.2 Å². The van der Waals surface area contributed by atoms with Crippen LogP contribution in [-0.4, -0.2) is 5.91 Å². The summed E-state index contributed by atoms with van der Waals surface area (Å²) in [5.41, 5.74) is 9.34. The predicted octanol–water partition coefficient (Wildman–Crippen LogP) is 4.97. The van der Waals surface area contributed by atoms with E-state index in [2.05, 4.69) is 31.2 Å². The Morgan fingerprint density at radius 3 is 2.27 bits per heavy atom. The van der Waals surface area contributed by atoms with E-state index in [0.717, 1.165) is 17.5 Å². The maximum Gasteiger partial charge on any atom is 0.249 e. The van der Waals surface area contributed by atoms with Gasteiger partial charge in [-0.3, -0.25) is 4.79 Å². The van der Waals surface area contributed by atoms with Crippen molar-refractivity contribution in [2.45, 2.75) is 45.4 Å². The number of rotatable bonds is 8. The summed E-state index contributed by atoms with van der Waals surface area (Å²) in [5.74, 6) is -0.379. The minimum absolute atomic E-state index is 0.379. The summed E-state index contributed by atoms with van der Waals surface area (Å²) in [6, 6.07) is 16.0. The summed E-state index contributed by atoms with van der Waals surface area (Å²) in [6.45, 7) is 2.24. The molecule has 0 aliphatic rings. The van der Waals surface area contributed by atoms with Crippen molar-refractivity contribution in [2.24, 2.45) is 5.73 Å². The average molecular weight is 295 g/mol. The van der Waals surface area contributed by atoms with Crippen LogP contribution >= 0.6 is 0 Å². The Morgan fingerprint density at radius 2 is 1.59 bits per heavy atom. The number of aryl methyl sites for hydroxylation is 1. The highest BCUT2D eigenvalue weighted by Gasteiger charge is 2.08. The lowest BCUT2D eigenvalue weighted by atomic mass is 9.97. The van der Waals surface area contributed by atoms with Gasteiger partial charge in [0.05, 0.1) is 0 Å². The average Bonchev–Trinajstić information content (AvgIpc) is 2.55. The number of carbonyl (C=O) groups excluding carboxylic acids is 1. The van der Waals surface area contributed by atoms with Crippen molar-refractivity contribution in [3.8, 4) is 11.1 Å². The van der Waals surface area contributed by atoms with Gasteiger partial charge in [0.2, 0.25) is 5.91 Å². The zero-order chi connectivity index (χ0) is 15.8. The molecule has 2 aromatic carbocycles. The first-order valence-electron chi connectivity index (χ1n) is 8.20. The molecule has 0 radical (unpaired) electrons. The summed E-state index contributed by atoms with van der Waals surface area (Å²) in [5, 5.41) is 0. The zero-order valence-corrected chi connectivity index (χ0v) is 13.3. The molecule has 0 atom stereocenters. The number of amides is 1. The summed E-state index contributed by atoms with van der Waals surface area (Å²) in [7, 11) is 0. The summed E-state index contributed by atoms with van der Waals surface area (Å²) in [4.78, 5) is 11.5. The van der Waals surface area contributed by atoms with Crippen LogP contribution in [0, 0.1) is 0 Å². The second kappa shape index (κ2) is 8.38. The van der Waals surface area contributed by atoms with E-state index in [0.29, 0.717) is 5.56 Å². The molecule has 0 fully saturated rings. The van der Waals surface area contributed by atoms with Gasteiger partial charge in [0.25, 0.3) is 0 Å². The molecule has 22 heavy (non-hydrogen) atoms. The van der Waals surface area contributed by atoms with Crippen molar-refractivity contribution in [3.63, 3.8) is 0 Å². The molecule has 0 saturated carbocycles. The fourth-order valence-corrected chi connectivity index (χ4v) is 2.73. The van der Waals surface area contributed by atoms with Crippen molar-refractivity contribution in [1.82, 2.24) is 0 Å². The molecule has 0 aromatic heterocycles. The van der Waals surface area contributed by atoms with E-state index < -0.39 is 0 Å². The quantitative estimate of drug-likeness (QED) is 0.687. The number of carbonyl (C=O) groups is 1. The van der Waals surface area contributed by atoms with Crippen molar-refractivity contribution in [3.05, 3.63) is 59.7 Å². The molecule has 0 aliphatic carbocycles. The van der Waals surface area contributed by atoms with Crippen LogP contribution in [0.1, 0.15) is 54.9 Å². The summed E-state index contributed by atoms with van der Waals surface area (Å²) in [6.07, 6.45) is 7.64. The van der Waals surface area contributed by atoms with E-state index >= 15 is 0 Å². The van der Waals surface area contributed by atoms with Gasteiger partial charge in [-0.2, -0.15) is 0 Å². The number of unbranched alkanes of at least 4 members (excludes halogenated alkanes) is 4. The highest BCUT2D eigenvalue weighted by Crippen LogP contribution is 2.24. The molecular formula is C20H25NO. The first-order chi connectivity index (χ1) is 10.7. The van der Waals surface area contributed by atoms with Crippen LogP contribution in [0.3, 0.4) is 0 Å². The predicted molar refractivity (Wildman–Crippen MR) is 92.9 cm³/mol. The van der Waals surface area contributed by atoms with Gasteiger partial charge >= 0.3 is 0 Å². The van der Waals surface area contributed by atoms with E-state index in [1.54, 1.807) is 6.07 Å². The molecule has 2 aromatic rings. The lowest BCUT2D eigenvalue weighted by Crippen LogP contribution is -2.12. The van der Waals surface area contributed by atoms with E-state index in [-0.39, 0.29) is 5.91 Å². The minimum Gasteiger partial charge on any atom is -0.366 e. The third kappa shape index (κ3) is 4.45. The first kappa shape index (κ1) is 16.3. The third-order valence-electron chi connectivity index (χ3n) is 4.03. The fourth-order valence-electron chi connectivity index (χ4n) is 2.73. The lowest BCUT2D eigenvalue weighted by Gasteiger charge is -2.08. The topological polar surface area (TPSA) is 43.1 Å². The highest BCUT2D eigenvalue weighted by molar-refractivity contribution is 5.99. The molecule has 2 rings (SSSR count). The van der Waals surface area contributed by atoms with Gasteiger partial charge in [0.1, 0.15) is 0 Å². The molecule has 2 heteroatoms. The van der Waals surface area contributed by atoms with Gasteiger partial charge < -0.3 is 5.73 Å². The standard InChI is InChI=1S/C20H25NO/c1-2-3-4-5-6-9-16-12-14-17(15-13-16)18-10-7-8-11-19(18)20(21)22/h7-8,10-15H,2-6,9H2,1H3,(H2,21,22). The Morgan fingerprint density at radius 1 is 0.909 bits per heavy atom. The largest absolute Gasteiger partial charge is 0.366 e. The van der Waals surface area contributed by atoms with Crippen LogP contribution in [0.15, 0.2) is 48.5 Å². The van der Waals surface area contributed by atoms with E-state index in [4.69, 9.17) is 5.73 Å². The summed E-state index contributed by atoms with van der Waals surface area (Å²) < 4.78 is 0. The summed E-state index contributed by atoms with van der Waals surface area (Å²) >= 11 is 0. The van der Waals surface area contributed by atoms with Gasteiger partial charge in [-0.1, -0.05) is 75.1 Å². The van der Waals surface area contributed by atoms with Crippen LogP contribution < -0.4 is 5.73 Å². The second-order valence-electron chi connectivity index (χ2n) is 5.77. The van der Waals surface area contributed by atoms with Crippen molar-refractivity contribution in [2.75, 3.05) is 0 Å². The molecular weight excluding hydrogens is 270 g/mol. The molecule has 0 unspecified atom stereocenters. The zero-order valence-electron chi connectivity index (χ0n) is 13.3. The van der Waals surface area contributed by atoms with Gasteiger partial charge in [0.15, 0.2) is 0 Å². The molecule has 0 spiro atoms. The minimum atomic E-state index is -0.379. The molecule has 0 saturated heterocycles. The number of nitrogens with two attached hydrogens (primary N) is 1. The maximum absolute atomic E-state index is 11.5. The molecule has 2 N–H and O–H groups in total. The van der Waals surface area contributed by atoms with Crippen molar-refractivity contribution in [1.29, 1.82) is 0 Å². The Balaban J connectivity index is 2.02. The SMILES string of the molecule is CCCCCCCc1ccc(-c2ccccc2C(N)=O)cc1. The van der Waals surface area contributed by atoms with Gasteiger partial charge in [-0.05, 0) is 35.6 Å². The number of primary amides is 1. The van der Waals surface area contributed by atoms with Crippen LogP contribution in [-0.2, 0) is 6.42 Å². The normalized spacial score (nSPS) is 10.6. The van der Waals surface area contributed by atoms with Gasteiger partial charge in [-0.15, -0.1) is 0 Å². The van der Waals surface area contributed by atoms with Crippen molar-refractivity contribution >= 4 is 5.91 Å². The van der Waals surface area contributed by atoms with Crippen LogP contribution in [0.2, 0.25) is 0 Å². The van der Waals surface area contributed by atoms with E-state index in [9.17, 15) is 4.79 Å². The first-order valence-corrected chi connectivity index (χ1v) is 8.20. The van der Waals surface area contributed by atoms with Gasteiger partial charge in [-0.25, -0.2) is 0 Å². The number of hydrogen-bond donors (Lipinski definition) is 1. The molecule has 116 valence electrons. The number of hydrogen-bond acceptors (Lipinski definition) is 1. The Hall–Kier alpha value is -2.09. The smallest absolute Gasteiger partial charge is 0.249 e. The Labute approximate surface area is 133 Å². The molecule has 0 bridgehead atoms. The van der Waals surface area contributed by atoms with Crippen molar-refractivity contribution < 1.29 is 4.79 Å². The highest BCUT2D eigenvalue weighted by atomic mass is 16.1. The monoisotopic (exact) mass is 295 g/mol. The van der Waals surface area contributed by atoms with Gasteiger partial charge in [0, 0.05) is 5.56 Å². The number of benzene rings is 2. The van der Waals surface area contributed by atoms with Crippen LogP contribution in [0.5, 0.6) is 0 Å². The van der Waals surface area contributed by atoms with E-state index in [1.165, 1.54) is 37.7 Å².